The second-order valence-electron chi connectivity index (χ2n) is 4.75. The van der Waals surface area contributed by atoms with Crippen LogP contribution in [-0.4, -0.2) is 10.8 Å². The van der Waals surface area contributed by atoms with E-state index < -0.39 is 0 Å². The molecule has 3 aromatic rings. The van der Waals surface area contributed by atoms with Gasteiger partial charge < -0.3 is 5.11 Å². The Kier molecular flexibility index (Phi) is 8.47. The molecule has 0 aliphatic heterocycles. The van der Waals surface area contributed by atoms with E-state index in [0.29, 0.717) is 0 Å². The average molecular weight is 481 g/mol. The van der Waals surface area contributed by atoms with E-state index in [0.717, 1.165) is 22.5 Å². The molecule has 0 bridgehead atoms. The number of aliphatic imine (C=N–C) groups is 1. The number of nitrogens with zero attached hydrogens (tertiary/aromatic N) is 1. The fourth-order valence-corrected chi connectivity index (χ4v) is 2.18. The molecule has 0 saturated carbocycles. The van der Waals surface area contributed by atoms with Crippen molar-refractivity contribution in [3.05, 3.63) is 96.1 Å². The van der Waals surface area contributed by atoms with Crippen LogP contribution in [0.3, 0.4) is 0 Å². The van der Waals surface area contributed by atoms with E-state index in [2.05, 4.69) is 26.3 Å². The number of para-hydroxylation sites is 2. The third-order valence-electron chi connectivity index (χ3n) is 3.20. The molecule has 1 N–H and O–H groups in total. The van der Waals surface area contributed by atoms with Crippen molar-refractivity contribution in [1.29, 1.82) is 0 Å². The number of phenolic OH excluding ortho intramolecular Hbond substituents is 1. The van der Waals surface area contributed by atoms with Crippen molar-refractivity contribution in [2.24, 2.45) is 4.99 Å². The van der Waals surface area contributed by atoms with Crippen LogP contribution in [0.15, 0.2) is 89.9 Å². The summed E-state index contributed by atoms with van der Waals surface area (Å²) in [5.74, 6) is 0.232. The summed E-state index contributed by atoms with van der Waals surface area (Å²) in [6, 6.07) is 26.9. The third-order valence-corrected chi connectivity index (χ3v) is 3.20. The van der Waals surface area contributed by atoms with Gasteiger partial charge >= 0.3 is 41.3 Å². The molecule has 0 aliphatic carbocycles. The molecule has 0 unspecified atom stereocenters. The van der Waals surface area contributed by atoms with Gasteiger partial charge in [0.15, 0.2) is 0 Å². The monoisotopic (exact) mass is 479 g/mol. The number of aromatic hydroxyl groups is 1. The topological polar surface area (TPSA) is 32.6 Å². The van der Waals surface area contributed by atoms with Crippen molar-refractivity contribution in [2.75, 3.05) is 0 Å². The molecule has 2 nitrogen and oxygen atoms in total. The van der Waals surface area contributed by atoms with Gasteiger partial charge in [-0.15, -0.1) is 0 Å². The van der Waals surface area contributed by atoms with E-state index >= 15 is 0 Å². The van der Waals surface area contributed by atoms with Gasteiger partial charge in [0.25, 0.3) is 0 Å². The predicted molar refractivity (Wildman–Crippen MR) is 104 cm³/mol. The molecular weight excluding hydrogens is 466 g/mol. The first-order valence-electron chi connectivity index (χ1n) is 7.20. The Hall–Kier alpha value is -1.20. The summed E-state index contributed by atoms with van der Waals surface area (Å²) in [5.41, 5.74) is 3.33. The van der Waals surface area contributed by atoms with E-state index in [-0.39, 0.29) is 20.7 Å². The molecule has 0 spiro atoms. The van der Waals surface area contributed by atoms with Gasteiger partial charge in [-0.1, -0.05) is 60.7 Å². The Balaban J connectivity index is 0.000000647. The Morgan fingerprint density at radius 1 is 0.750 bits per heavy atom. The first-order valence-corrected chi connectivity index (χ1v) is 14.9. The summed E-state index contributed by atoms with van der Waals surface area (Å²) < 4.78 is 0. The molecule has 0 aliphatic rings. The average Bonchev–Trinajstić information content (AvgIpc) is 2.63. The summed E-state index contributed by atoms with van der Waals surface area (Å²) >= 11 is 6.50. The van der Waals surface area contributed by atoms with Gasteiger partial charge in [-0.05, 0) is 24.3 Å². The molecule has 0 fully saturated rings. The van der Waals surface area contributed by atoms with Crippen molar-refractivity contribution in [1.82, 2.24) is 0 Å². The zero-order valence-electron chi connectivity index (χ0n) is 12.7. The summed E-state index contributed by atoms with van der Waals surface area (Å²) in [5, 5.41) is 10.1. The van der Waals surface area contributed by atoms with Crippen molar-refractivity contribution in [3.63, 3.8) is 0 Å². The minimum atomic E-state index is 0.125. The molecule has 0 atom stereocenters. The molecule has 0 aromatic heterocycles. The molecule has 0 saturated heterocycles. The Morgan fingerprint density at radius 3 is 1.83 bits per heavy atom. The van der Waals surface area contributed by atoms with Crippen molar-refractivity contribution in [2.45, 2.75) is 0 Å². The van der Waals surface area contributed by atoms with Crippen LogP contribution in [0.25, 0.3) is 0 Å². The molecule has 0 heterocycles. The first-order chi connectivity index (χ1) is 11.8. The molecular formula is C19H15Br2NOTi. The van der Waals surface area contributed by atoms with E-state index in [4.69, 9.17) is 4.99 Å². The fourth-order valence-electron chi connectivity index (χ4n) is 2.18. The second-order valence-corrected chi connectivity index (χ2v) is 12.6. The standard InChI is InChI=1S/C19H15NO.2BrH.Ti/c21-18-14-8-7-13-17(18)19(15-9-3-1-4-10-15)20-16-11-5-2-6-12-16;;;/h1-14,21H;2*1H;/q;;;+2/p-2. The molecule has 120 valence electrons. The Morgan fingerprint density at radius 2 is 1.25 bits per heavy atom. The normalized spacial score (nSPS) is 10.5. The molecule has 24 heavy (non-hydrogen) atoms. The minimum absolute atomic E-state index is 0.125. The first kappa shape index (κ1) is 19.1. The maximum absolute atomic E-state index is 10.1. The summed E-state index contributed by atoms with van der Waals surface area (Å²) in [6.07, 6.45) is 0. The van der Waals surface area contributed by atoms with E-state index in [9.17, 15) is 5.11 Å². The predicted octanol–water partition coefficient (Wildman–Crippen LogP) is 6.25. The van der Waals surface area contributed by atoms with Crippen molar-refractivity contribution >= 4 is 37.7 Å². The Bertz CT molecular complexity index is 780. The SMILES string of the molecule is Oc1ccccc1C(=Nc1ccccc1)c1ccccc1.[Br][Ti][Br]. The van der Waals surface area contributed by atoms with Gasteiger partial charge in [-0.3, -0.25) is 0 Å². The summed E-state index contributed by atoms with van der Waals surface area (Å²) in [4.78, 5) is 4.72. The van der Waals surface area contributed by atoms with Crippen LogP contribution >= 0.6 is 26.3 Å². The molecule has 0 radical (unpaired) electrons. The van der Waals surface area contributed by atoms with Crippen molar-refractivity contribution in [3.8, 4) is 5.75 Å². The maximum atomic E-state index is 10.1. The molecule has 0 amide bonds. The van der Waals surface area contributed by atoms with Gasteiger partial charge in [0, 0.05) is 11.1 Å². The molecule has 5 heteroatoms. The number of hydrogen-bond acceptors (Lipinski definition) is 2. The summed E-state index contributed by atoms with van der Waals surface area (Å²) in [7, 11) is 0. The van der Waals surface area contributed by atoms with Gasteiger partial charge in [-0.25, -0.2) is 4.99 Å². The quantitative estimate of drug-likeness (QED) is 0.349. The number of halogens is 2. The Labute approximate surface area is 163 Å². The van der Waals surface area contributed by atoms with Gasteiger partial charge in [0.1, 0.15) is 5.75 Å². The molecule has 3 rings (SSSR count). The molecule has 3 aromatic carbocycles. The zero-order chi connectivity index (χ0) is 17.2. The van der Waals surface area contributed by atoms with Gasteiger partial charge in [0.05, 0.1) is 11.4 Å². The van der Waals surface area contributed by atoms with Crippen LogP contribution in [-0.2, 0) is 15.0 Å². The number of hydrogen-bond donors (Lipinski definition) is 1. The van der Waals surface area contributed by atoms with Crippen LogP contribution in [0.5, 0.6) is 5.75 Å². The van der Waals surface area contributed by atoms with Crippen molar-refractivity contribution < 1.29 is 20.1 Å². The third kappa shape index (κ3) is 5.71. The van der Waals surface area contributed by atoms with Crippen LogP contribution in [0, 0.1) is 0 Å². The zero-order valence-corrected chi connectivity index (χ0v) is 17.5. The van der Waals surface area contributed by atoms with E-state index in [1.807, 2.05) is 78.9 Å². The fraction of sp³-hybridized carbons (Fsp3) is 0. The number of benzene rings is 3. The van der Waals surface area contributed by atoms with Crippen LogP contribution in [0.2, 0.25) is 0 Å². The van der Waals surface area contributed by atoms with Crippen LogP contribution in [0.4, 0.5) is 5.69 Å². The number of rotatable bonds is 3. The van der Waals surface area contributed by atoms with Gasteiger partial charge in [-0.2, -0.15) is 0 Å². The summed E-state index contributed by atoms with van der Waals surface area (Å²) in [6.45, 7) is 0. The van der Waals surface area contributed by atoms with E-state index in [1.165, 1.54) is 0 Å². The van der Waals surface area contributed by atoms with Gasteiger partial charge in [0.2, 0.25) is 0 Å². The van der Waals surface area contributed by atoms with Crippen LogP contribution < -0.4 is 0 Å². The van der Waals surface area contributed by atoms with E-state index in [1.54, 1.807) is 6.07 Å². The number of phenols is 1. The second kappa shape index (κ2) is 10.6. The van der Waals surface area contributed by atoms with Crippen LogP contribution in [0.1, 0.15) is 11.1 Å².